The lowest BCUT2D eigenvalue weighted by Crippen LogP contribution is -1.95. The summed E-state index contributed by atoms with van der Waals surface area (Å²) in [4.78, 5) is 0. The minimum absolute atomic E-state index is 0.217. The van der Waals surface area contributed by atoms with Gasteiger partial charge in [0.15, 0.2) is 0 Å². The third-order valence-electron chi connectivity index (χ3n) is 5.34. The van der Waals surface area contributed by atoms with Gasteiger partial charge < -0.3 is 10.2 Å². The van der Waals surface area contributed by atoms with Gasteiger partial charge in [-0.2, -0.15) is 0 Å². The monoisotopic (exact) mass is 324 g/mol. The fourth-order valence-corrected chi connectivity index (χ4v) is 4.83. The molecule has 0 aliphatic heterocycles. The van der Waals surface area contributed by atoms with Crippen molar-refractivity contribution in [1.29, 1.82) is 0 Å². The molecule has 116 valence electrons. The highest BCUT2D eigenvalue weighted by Crippen LogP contribution is 2.60. The molecule has 23 heavy (non-hydrogen) atoms. The number of hydrogen-bond acceptors (Lipinski definition) is 4. The van der Waals surface area contributed by atoms with E-state index in [2.05, 4.69) is 4.37 Å². The molecule has 2 N–H and O–H groups in total. The minimum atomic E-state index is 0.217. The van der Waals surface area contributed by atoms with Crippen LogP contribution in [-0.2, 0) is 0 Å². The largest absolute Gasteiger partial charge is 0.494 e. The SMILES string of the molecule is Oc1c2c(c(O)n1-c1ccc(-c3cnsc3)cc1)[C@H]1CC[C@H]2C1. The zero-order valence-electron chi connectivity index (χ0n) is 12.4. The molecule has 2 atom stereocenters. The summed E-state index contributed by atoms with van der Waals surface area (Å²) in [6.07, 6.45) is 5.17. The quantitative estimate of drug-likeness (QED) is 0.735. The first kappa shape index (κ1) is 13.2. The van der Waals surface area contributed by atoms with Crippen LogP contribution in [-0.4, -0.2) is 19.2 Å². The highest BCUT2D eigenvalue weighted by Gasteiger charge is 2.44. The maximum atomic E-state index is 10.7. The van der Waals surface area contributed by atoms with Crippen molar-refractivity contribution in [2.75, 3.05) is 0 Å². The topological polar surface area (TPSA) is 58.3 Å². The van der Waals surface area contributed by atoms with Crippen LogP contribution in [0.4, 0.5) is 0 Å². The Labute approximate surface area is 137 Å². The van der Waals surface area contributed by atoms with Gasteiger partial charge in [0, 0.05) is 28.3 Å². The summed E-state index contributed by atoms with van der Waals surface area (Å²) in [5.41, 5.74) is 4.92. The lowest BCUT2D eigenvalue weighted by Gasteiger charge is -2.10. The summed E-state index contributed by atoms with van der Waals surface area (Å²) in [6, 6.07) is 7.86. The summed E-state index contributed by atoms with van der Waals surface area (Å²) < 4.78 is 5.71. The lowest BCUT2D eigenvalue weighted by molar-refractivity contribution is 0.394. The van der Waals surface area contributed by atoms with Gasteiger partial charge in [-0.15, -0.1) is 0 Å². The van der Waals surface area contributed by atoms with Crippen LogP contribution in [0, 0.1) is 0 Å². The van der Waals surface area contributed by atoms with Crippen molar-refractivity contribution in [1.82, 2.24) is 8.94 Å². The van der Waals surface area contributed by atoms with Crippen molar-refractivity contribution >= 4 is 11.5 Å². The predicted octanol–water partition coefficient (Wildman–Crippen LogP) is 4.38. The Morgan fingerprint density at radius 3 is 2.17 bits per heavy atom. The number of hydrogen-bond donors (Lipinski definition) is 2. The Hall–Kier alpha value is -2.27. The number of fused-ring (bicyclic) bond motifs is 5. The van der Waals surface area contributed by atoms with Crippen LogP contribution < -0.4 is 0 Å². The van der Waals surface area contributed by atoms with Gasteiger partial charge in [-0.3, -0.25) is 4.57 Å². The molecule has 5 heteroatoms. The van der Waals surface area contributed by atoms with Gasteiger partial charge in [-0.05, 0) is 60.3 Å². The van der Waals surface area contributed by atoms with Gasteiger partial charge >= 0.3 is 0 Å². The van der Waals surface area contributed by atoms with Crippen molar-refractivity contribution in [3.63, 3.8) is 0 Å². The second-order valence-electron chi connectivity index (χ2n) is 6.48. The molecule has 2 aromatic heterocycles. The molecule has 0 unspecified atom stereocenters. The van der Waals surface area contributed by atoms with E-state index in [1.165, 1.54) is 11.5 Å². The second-order valence-corrected chi connectivity index (χ2v) is 7.13. The molecule has 2 heterocycles. The molecule has 2 aliphatic rings. The minimum Gasteiger partial charge on any atom is -0.494 e. The molecule has 0 amide bonds. The van der Waals surface area contributed by atoms with Crippen molar-refractivity contribution in [2.45, 2.75) is 31.1 Å². The van der Waals surface area contributed by atoms with Crippen molar-refractivity contribution in [2.24, 2.45) is 0 Å². The average molecular weight is 324 g/mol. The van der Waals surface area contributed by atoms with E-state index in [-0.39, 0.29) is 11.8 Å². The molecule has 1 aromatic carbocycles. The predicted molar refractivity (Wildman–Crippen MR) is 89.5 cm³/mol. The summed E-state index contributed by atoms with van der Waals surface area (Å²) in [6.45, 7) is 0. The fraction of sp³-hybridized carbons (Fsp3) is 0.278. The zero-order valence-corrected chi connectivity index (χ0v) is 13.3. The average Bonchev–Trinajstić information content (AvgIpc) is 3.33. The summed E-state index contributed by atoms with van der Waals surface area (Å²) in [5, 5.41) is 23.3. The van der Waals surface area contributed by atoms with Crippen LogP contribution in [0.5, 0.6) is 11.8 Å². The van der Waals surface area contributed by atoms with E-state index in [4.69, 9.17) is 0 Å². The Kier molecular flexibility index (Phi) is 2.65. The van der Waals surface area contributed by atoms with E-state index in [9.17, 15) is 10.2 Å². The Morgan fingerprint density at radius 1 is 0.957 bits per heavy atom. The summed E-state index contributed by atoms with van der Waals surface area (Å²) >= 11 is 1.43. The van der Waals surface area contributed by atoms with E-state index >= 15 is 0 Å². The van der Waals surface area contributed by atoms with Crippen LogP contribution in [0.2, 0.25) is 0 Å². The van der Waals surface area contributed by atoms with Gasteiger partial charge in [0.2, 0.25) is 11.8 Å². The van der Waals surface area contributed by atoms with Crippen LogP contribution in [0.3, 0.4) is 0 Å². The summed E-state index contributed by atoms with van der Waals surface area (Å²) in [7, 11) is 0. The molecule has 1 fully saturated rings. The van der Waals surface area contributed by atoms with Crippen LogP contribution >= 0.6 is 11.5 Å². The van der Waals surface area contributed by atoms with E-state index < -0.39 is 0 Å². The fourth-order valence-electron chi connectivity index (χ4n) is 4.29. The van der Waals surface area contributed by atoms with Crippen molar-refractivity contribution in [3.05, 3.63) is 47.0 Å². The molecule has 2 aliphatic carbocycles. The van der Waals surface area contributed by atoms with Crippen molar-refractivity contribution in [3.8, 4) is 28.6 Å². The van der Waals surface area contributed by atoms with Gasteiger partial charge in [0.1, 0.15) is 0 Å². The van der Waals surface area contributed by atoms with Gasteiger partial charge in [0.05, 0.1) is 5.69 Å². The van der Waals surface area contributed by atoms with E-state index in [1.54, 1.807) is 4.57 Å². The molecule has 0 radical (unpaired) electrons. The molecule has 0 saturated heterocycles. The smallest absolute Gasteiger partial charge is 0.202 e. The first-order valence-electron chi connectivity index (χ1n) is 7.90. The lowest BCUT2D eigenvalue weighted by atomic mass is 9.95. The van der Waals surface area contributed by atoms with Crippen LogP contribution in [0.25, 0.3) is 16.8 Å². The molecule has 4 nitrogen and oxygen atoms in total. The van der Waals surface area contributed by atoms with Gasteiger partial charge in [0.25, 0.3) is 0 Å². The summed E-state index contributed by atoms with van der Waals surface area (Å²) in [5.74, 6) is 1.26. The first-order valence-corrected chi connectivity index (χ1v) is 8.74. The maximum absolute atomic E-state index is 10.7. The molecule has 3 aromatic rings. The maximum Gasteiger partial charge on any atom is 0.202 e. The van der Waals surface area contributed by atoms with Gasteiger partial charge in [-0.25, -0.2) is 4.37 Å². The van der Waals surface area contributed by atoms with Crippen LogP contribution in [0.15, 0.2) is 35.8 Å². The van der Waals surface area contributed by atoms with Crippen molar-refractivity contribution < 1.29 is 10.2 Å². The standard InChI is InChI=1S/C18H16N2O2S/c21-17-15-11-1-2-12(7-11)16(15)18(22)20(17)14-5-3-10(4-6-14)13-8-19-23-9-13/h3-6,8-9,11-12,21-22H,1-2,7H2/t11-,12-/m0/s1. The third kappa shape index (κ3) is 1.74. The molecule has 1 saturated carbocycles. The number of aromatic hydroxyl groups is 2. The molecule has 2 bridgehead atoms. The Balaban J connectivity index is 1.61. The highest BCUT2D eigenvalue weighted by molar-refractivity contribution is 7.03. The number of benzene rings is 1. The normalized spacial score (nSPS) is 21.7. The van der Waals surface area contributed by atoms with Crippen LogP contribution in [0.1, 0.15) is 42.2 Å². The second kappa shape index (κ2) is 4.61. The molecule has 5 rings (SSSR count). The highest BCUT2D eigenvalue weighted by atomic mass is 32.1. The number of aromatic nitrogens is 2. The Morgan fingerprint density at radius 2 is 1.61 bits per heavy atom. The Bertz CT molecular complexity index is 847. The number of rotatable bonds is 2. The first-order chi connectivity index (χ1) is 11.2. The third-order valence-corrected chi connectivity index (χ3v) is 5.92. The molecule has 0 spiro atoms. The van der Waals surface area contributed by atoms with E-state index in [0.29, 0.717) is 11.8 Å². The zero-order chi connectivity index (χ0) is 15.6. The molecular formula is C18H16N2O2S. The van der Waals surface area contributed by atoms with E-state index in [1.807, 2.05) is 35.8 Å². The van der Waals surface area contributed by atoms with Gasteiger partial charge in [-0.1, -0.05) is 12.1 Å². The van der Waals surface area contributed by atoms with E-state index in [0.717, 1.165) is 47.2 Å². The molecular weight excluding hydrogens is 308 g/mol. The number of nitrogens with zero attached hydrogens (tertiary/aromatic N) is 2.